The Morgan fingerprint density at radius 1 is 1.26 bits per heavy atom. The molecule has 0 radical (unpaired) electrons. The lowest BCUT2D eigenvalue weighted by Gasteiger charge is -2.18. The Morgan fingerprint density at radius 2 is 2.00 bits per heavy atom. The monoisotopic (exact) mass is 264 g/mol. The number of allylic oxidation sites excluding steroid dienone is 1. The molecule has 0 aliphatic rings. The number of hydrogen-bond donors (Lipinski definition) is 1. The lowest BCUT2D eigenvalue weighted by Crippen LogP contribution is -3.12. The highest BCUT2D eigenvalue weighted by Gasteiger charge is 2.10. The molecule has 0 aromatic heterocycles. The summed E-state index contributed by atoms with van der Waals surface area (Å²) in [4.78, 5) is 1.54. The lowest BCUT2D eigenvalue weighted by molar-refractivity contribution is -0.896. The molecule has 0 aliphatic carbocycles. The van der Waals surface area contributed by atoms with Gasteiger partial charge in [0.05, 0.1) is 20.2 Å². The van der Waals surface area contributed by atoms with Gasteiger partial charge in [0.2, 0.25) is 0 Å². The van der Waals surface area contributed by atoms with Gasteiger partial charge in [-0.3, -0.25) is 0 Å². The molecule has 0 amide bonds. The molecule has 1 rings (SSSR count). The van der Waals surface area contributed by atoms with Crippen LogP contribution < -0.4 is 14.4 Å². The fraction of sp³-hybridized carbons (Fsp3) is 0.500. The Kier molecular flexibility index (Phi) is 7.04. The molecular formula is C16H26NO2+. The summed E-state index contributed by atoms with van der Waals surface area (Å²) in [7, 11) is 1.68. The molecule has 0 atom stereocenters. The van der Waals surface area contributed by atoms with Crippen molar-refractivity contribution in [1.29, 1.82) is 0 Å². The topological polar surface area (TPSA) is 22.9 Å². The molecule has 0 aliphatic heterocycles. The Hall–Kier alpha value is -1.48. The van der Waals surface area contributed by atoms with E-state index in [1.54, 1.807) is 12.0 Å². The summed E-state index contributed by atoms with van der Waals surface area (Å²) in [5.41, 5.74) is 1.13. The molecule has 0 unspecified atom stereocenters. The second-order valence-corrected chi connectivity index (χ2v) is 4.50. The van der Waals surface area contributed by atoms with E-state index in [0.29, 0.717) is 6.61 Å². The van der Waals surface area contributed by atoms with E-state index in [0.717, 1.165) is 43.1 Å². The van der Waals surface area contributed by atoms with E-state index in [4.69, 9.17) is 9.47 Å². The van der Waals surface area contributed by atoms with E-state index >= 15 is 0 Å². The van der Waals surface area contributed by atoms with Gasteiger partial charge in [0.1, 0.15) is 13.2 Å². The van der Waals surface area contributed by atoms with E-state index < -0.39 is 0 Å². The maximum Gasteiger partial charge on any atom is 0.164 e. The molecule has 19 heavy (non-hydrogen) atoms. The highest BCUT2D eigenvalue weighted by molar-refractivity contribution is 5.47. The SMILES string of the molecule is C=CCc1cccc(OC)c1OCC[NH+](CC)CC. The quantitative estimate of drug-likeness (QED) is 0.686. The maximum absolute atomic E-state index is 5.95. The number of hydrogen-bond acceptors (Lipinski definition) is 2. The predicted octanol–water partition coefficient (Wildman–Crippen LogP) is 1.73. The molecule has 0 saturated heterocycles. The Bertz CT molecular complexity index is 386. The molecular weight excluding hydrogens is 238 g/mol. The average Bonchev–Trinajstić information content (AvgIpc) is 2.45. The van der Waals surface area contributed by atoms with E-state index in [-0.39, 0.29) is 0 Å². The van der Waals surface area contributed by atoms with Crippen molar-refractivity contribution >= 4 is 0 Å². The third-order valence-corrected chi connectivity index (χ3v) is 3.35. The Labute approximate surface area is 116 Å². The lowest BCUT2D eigenvalue weighted by atomic mass is 10.1. The summed E-state index contributed by atoms with van der Waals surface area (Å²) >= 11 is 0. The highest BCUT2D eigenvalue weighted by atomic mass is 16.5. The van der Waals surface area contributed by atoms with Crippen molar-refractivity contribution in [2.45, 2.75) is 20.3 Å². The van der Waals surface area contributed by atoms with Crippen LogP contribution in [0.2, 0.25) is 0 Å². The number of nitrogens with one attached hydrogen (secondary N) is 1. The van der Waals surface area contributed by atoms with Crippen LogP contribution in [0.15, 0.2) is 30.9 Å². The molecule has 3 nitrogen and oxygen atoms in total. The number of quaternary nitrogens is 1. The van der Waals surface area contributed by atoms with Gasteiger partial charge in [0.15, 0.2) is 11.5 Å². The fourth-order valence-electron chi connectivity index (χ4n) is 2.10. The van der Waals surface area contributed by atoms with Gasteiger partial charge in [-0.05, 0) is 26.3 Å². The number of ether oxygens (including phenoxy) is 2. The normalized spacial score (nSPS) is 10.5. The van der Waals surface area contributed by atoms with E-state index in [1.807, 2.05) is 18.2 Å². The van der Waals surface area contributed by atoms with Crippen LogP contribution >= 0.6 is 0 Å². The largest absolute Gasteiger partial charge is 0.493 e. The summed E-state index contributed by atoms with van der Waals surface area (Å²) in [5, 5.41) is 0. The second kappa shape index (κ2) is 8.59. The van der Waals surface area contributed by atoms with Crippen LogP contribution in [0.5, 0.6) is 11.5 Å². The molecule has 0 heterocycles. The first-order valence-corrected chi connectivity index (χ1v) is 6.99. The summed E-state index contributed by atoms with van der Waals surface area (Å²) in [6.45, 7) is 12.2. The van der Waals surface area contributed by atoms with Gasteiger partial charge in [0.25, 0.3) is 0 Å². The van der Waals surface area contributed by atoms with Crippen molar-refractivity contribution in [1.82, 2.24) is 0 Å². The zero-order chi connectivity index (χ0) is 14.1. The smallest absolute Gasteiger partial charge is 0.164 e. The van der Waals surface area contributed by atoms with Crippen LogP contribution in [0.4, 0.5) is 0 Å². The first kappa shape index (κ1) is 15.6. The molecule has 0 fully saturated rings. The minimum Gasteiger partial charge on any atom is -0.493 e. The summed E-state index contributed by atoms with van der Waals surface area (Å²) in [6.07, 6.45) is 2.68. The standard InChI is InChI=1S/C16H25NO2/c1-5-9-14-10-8-11-15(18-4)16(14)19-13-12-17(6-2)7-3/h5,8,10-11H,1,6-7,9,12-13H2,2-4H3/p+1. The molecule has 1 N–H and O–H groups in total. The summed E-state index contributed by atoms with van der Waals surface area (Å²) in [5.74, 6) is 1.66. The molecule has 3 heteroatoms. The van der Waals surface area contributed by atoms with Crippen molar-refractivity contribution in [3.05, 3.63) is 36.4 Å². The third-order valence-electron chi connectivity index (χ3n) is 3.35. The molecule has 1 aromatic rings. The number of likely N-dealkylation sites (N-methyl/N-ethyl adjacent to an activating group) is 1. The average molecular weight is 264 g/mol. The van der Waals surface area contributed by atoms with Crippen molar-refractivity contribution in [3.63, 3.8) is 0 Å². The van der Waals surface area contributed by atoms with Crippen LogP contribution in [0.25, 0.3) is 0 Å². The summed E-state index contributed by atoms with van der Waals surface area (Å²) < 4.78 is 11.3. The van der Waals surface area contributed by atoms with Crippen LogP contribution in [0.1, 0.15) is 19.4 Å². The van der Waals surface area contributed by atoms with Gasteiger partial charge in [-0.1, -0.05) is 18.2 Å². The van der Waals surface area contributed by atoms with Crippen LogP contribution in [0.3, 0.4) is 0 Å². The van der Waals surface area contributed by atoms with E-state index in [9.17, 15) is 0 Å². The van der Waals surface area contributed by atoms with Gasteiger partial charge < -0.3 is 14.4 Å². The van der Waals surface area contributed by atoms with E-state index in [1.165, 1.54) is 0 Å². The van der Waals surface area contributed by atoms with Crippen molar-refractivity contribution in [2.24, 2.45) is 0 Å². The third kappa shape index (κ3) is 4.60. The van der Waals surface area contributed by atoms with Gasteiger partial charge in [-0.25, -0.2) is 0 Å². The summed E-state index contributed by atoms with van der Waals surface area (Å²) in [6, 6.07) is 5.98. The molecule has 1 aromatic carbocycles. The molecule has 0 saturated carbocycles. The fourth-order valence-corrected chi connectivity index (χ4v) is 2.10. The number of rotatable bonds is 9. The van der Waals surface area contributed by atoms with E-state index in [2.05, 4.69) is 26.5 Å². The Balaban J connectivity index is 2.71. The number of para-hydroxylation sites is 1. The zero-order valence-corrected chi connectivity index (χ0v) is 12.4. The predicted molar refractivity (Wildman–Crippen MR) is 79.3 cm³/mol. The minimum atomic E-state index is 0.710. The van der Waals surface area contributed by atoms with Crippen molar-refractivity contribution in [2.75, 3.05) is 33.4 Å². The Morgan fingerprint density at radius 3 is 2.58 bits per heavy atom. The first-order valence-electron chi connectivity index (χ1n) is 6.99. The van der Waals surface area contributed by atoms with Crippen LogP contribution in [-0.2, 0) is 6.42 Å². The van der Waals surface area contributed by atoms with Gasteiger partial charge >= 0.3 is 0 Å². The maximum atomic E-state index is 5.95. The van der Waals surface area contributed by atoms with Crippen molar-refractivity contribution < 1.29 is 14.4 Å². The van der Waals surface area contributed by atoms with Crippen LogP contribution in [0, 0.1) is 0 Å². The zero-order valence-electron chi connectivity index (χ0n) is 12.4. The van der Waals surface area contributed by atoms with Gasteiger partial charge in [-0.2, -0.15) is 0 Å². The number of methoxy groups -OCH3 is 1. The van der Waals surface area contributed by atoms with Crippen LogP contribution in [-0.4, -0.2) is 33.4 Å². The number of benzene rings is 1. The molecule has 0 spiro atoms. The molecule has 0 bridgehead atoms. The van der Waals surface area contributed by atoms with Gasteiger partial charge in [-0.15, -0.1) is 6.58 Å². The van der Waals surface area contributed by atoms with Crippen molar-refractivity contribution in [3.8, 4) is 11.5 Å². The van der Waals surface area contributed by atoms with Gasteiger partial charge in [0, 0.05) is 5.56 Å². The second-order valence-electron chi connectivity index (χ2n) is 4.50. The molecule has 106 valence electrons. The highest BCUT2D eigenvalue weighted by Crippen LogP contribution is 2.31. The first-order chi connectivity index (χ1) is 9.26. The minimum absolute atomic E-state index is 0.710.